The van der Waals surface area contributed by atoms with Gasteiger partial charge in [0.15, 0.2) is 11.5 Å². The Labute approximate surface area is 229 Å². The molecule has 0 saturated heterocycles. The molecule has 8 nitrogen and oxygen atoms in total. The van der Waals surface area contributed by atoms with Crippen molar-refractivity contribution in [1.29, 1.82) is 0 Å². The monoisotopic (exact) mass is 586 g/mol. The van der Waals surface area contributed by atoms with Gasteiger partial charge in [-0.05, 0) is 55.2 Å². The molecule has 1 aliphatic rings. The molecule has 2 aromatic carbocycles. The Bertz CT molecular complexity index is 1280. The lowest BCUT2D eigenvalue weighted by Crippen LogP contribution is -2.29. The third-order valence-electron chi connectivity index (χ3n) is 5.74. The number of hydrogen-bond acceptors (Lipinski definition) is 8. The lowest BCUT2D eigenvalue weighted by atomic mass is 9.95. The molecular formula is C27H31BrN4O4S. The highest BCUT2D eigenvalue weighted by Crippen LogP contribution is 2.40. The third-order valence-corrected chi connectivity index (χ3v) is 7.31. The predicted octanol–water partition coefficient (Wildman–Crippen LogP) is 6.37. The van der Waals surface area contributed by atoms with Crippen molar-refractivity contribution in [2.24, 2.45) is 0 Å². The van der Waals surface area contributed by atoms with Crippen LogP contribution in [0.1, 0.15) is 50.8 Å². The summed E-state index contributed by atoms with van der Waals surface area (Å²) in [6, 6.07) is 13.1. The maximum atomic E-state index is 13.2. The summed E-state index contributed by atoms with van der Waals surface area (Å²) in [5.74, 6) is 2.29. The molecule has 0 amide bonds. The summed E-state index contributed by atoms with van der Waals surface area (Å²) < 4.78 is 20.1. The van der Waals surface area contributed by atoms with E-state index in [-0.39, 0.29) is 5.97 Å². The summed E-state index contributed by atoms with van der Waals surface area (Å²) >= 11 is 5.04. The first-order valence-electron chi connectivity index (χ1n) is 12.2. The summed E-state index contributed by atoms with van der Waals surface area (Å²) in [7, 11) is 1.60. The number of carbonyl (C=O) groups is 1. The standard InChI is InChI=1S/C27H31BrN4O4S/c1-5-13-35-25(33)23-17(3)29-26-30-27(37-14-6-2)31-32(26)24(23)19-9-12-21(22(15-19)34-4)36-16-18-7-10-20(28)11-8-18/h7-12,15,24H,5-6,13-14,16H2,1-4H3,(H,29,30,31). The number of thioether (sulfide) groups is 1. The van der Waals surface area contributed by atoms with Crippen LogP contribution < -0.4 is 14.8 Å². The Morgan fingerprint density at radius 1 is 1.14 bits per heavy atom. The number of fused-ring (bicyclic) bond motifs is 1. The second kappa shape index (κ2) is 12.5. The van der Waals surface area contributed by atoms with Crippen molar-refractivity contribution in [1.82, 2.24) is 14.8 Å². The number of ether oxygens (including phenoxy) is 3. The Hall–Kier alpha value is -2.98. The van der Waals surface area contributed by atoms with Crippen LogP contribution in [0.5, 0.6) is 11.5 Å². The second-order valence-electron chi connectivity index (χ2n) is 8.54. The Morgan fingerprint density at radius 2 is 1.92 bits per heavy atom. The van der Waals surface area contributed by atoms with Crippen LogP contribution >= 0.6 is 27.7 Å². The molecule has 1 N–H and O–H groups in total. The molecule has 2 heterocycles. The Balaban J connectivity index is 1.69. The van der Waals surface area contributed by atoms with E-state index in [1.165, 1.54) is 0 Å². The van der Waals surface area contributed by atoms with Gasteiger partial charge in [-0.2, -0.15) is 4.98 Å². The maximum absolute atomic E-state index is 13.2. The van der Waals surface area contributed by atoms with Gasteiger partial charge in [-0.1, -0.05) is 59.7 Å². The van der Waals surface area contributed by atoms with Crippen molar-refractivity contribution in [2.45, 2.75) is 51.4 Å². The van der Waals surface area contributed by atoms with E-state index in [1.807, 2.05) is 56.3 Å². The molecule has 10 heteroatoms. The van der Waals surface area contributed by atoms with Crippen molar-refractivity contribution in [2.75, 3.05) is 24.8 Å². The number of hydrogen-bond donors (Lipinski definition) is 1. The number of halogens is 1. The van der Waals surface area contributed by atoms with Crippen molar-refractivity contribution >= 4 is 39.6 Å². The van der Waals surface area contributed by atoms with Crippen LogP contribution in [0.25, 0.3) is 0 Å². The van der Waals surface area contributed by atoms with E-state index >= 15 is 0 Å². The number of allylic oxidation sites excluding steroid dienone is 1. The number of esters is 1. The van der Waals surface area contributed by atoms with Gasteiger partial charge in [0.1, 0.15) is 12.6 Å². The number of methoxy groups -OCH3 is 1. The normalized spacial score (nSPS) is 14.7. The fourth-order valence-corrected chi connectivity index (χ4v) is 4.89. The summed E-state index contributed by atoms with van der Waals surface area (Å²) in [6.45, 7) is 6.69. The molecule has 196 valence electrons. The minimum absolute atomic E-state index is 0.344. The average molecular weight is 588 g/mol. The molecule has 0 bridgehead atoms. The van der Waals surface area contributed by atoms with Crippen molar-refractivity contribution in [3.05, 3.63) is 69.3 Å². The van der Waals surface area contributed by atoms with Gasteiger partial charge < -0.3 is 19.5 Å². The van der Waals surface area contributed by atoms with E-state index in [2.05, 4.69) is 33.2 Å². The predicted molar refractivity (Wildman–Crippen MR) is 148 cm³/mol. The van der Waals surface area contributed by atoms with Crippen LogP contribution in [-0.2, 0) is 16.1 Å². The molecule has 0 saturated carbocycles. The molecule has 0 spiro atoms. The van der Waals surface area contributed by atoms with Gasteiger partial charge in [0.05, 0.1) is 19.3 Å². The number of carbonyl (C=O) groups excluding carboxylic acids is 1. The van der Waals surface area contributed by atoms with Gasteiger partial charge >= 0.3 is 5.97 Å². The second-order valence-corrected chi connectivity index (χ2v) is 10.5. The highest BCUT2D eigenvalue weighted by atomic mass is 79.9. The molecule has 4 rings (SSSR count). The summed E-state index contributed by atoms with van der Waals surface area (Å²) in [6.07, 6.45) is 1.75. The van der Waals surface area contributed by atoms with Crippen molar-refractivity contribution < 1.29 is 19.0 Å². The number of rotatable bonds is 11. The third kappa shape index (κ3) is 6.30. The number of nitrogens with one attached hydrogen (secondary N) is 1. The van der Waals surface area contributed by atoms with E-state index in [0.717, 1.165) is 34.2 Å². The van der Waals surface area contributed by atoms with Crippen molar-refractivity contribution in [3.63, 3.8) is 0 Å². The molecule has 0 radical (unpaired) electrons. The quantitative estimate of drug-likeness (QED) is 0.205. The number of anilines is 1. The molecule has 3 aromatic rings. The fraction of sp³-hybridized carbons (Fsp3) is 0.370. The minimum atomic E-state index is -0.529. The largest absolute Gasteiger partial charge is 0.493 e. The zero-order valence-electron chi connectivity index (χ0n) is 21.4. The molecule has 0 aliphatic carbocycles. The average Bonchev–Trinajstić information content (AvgIpc) is 3.31. The highest BCUT2D eigenvalue weighted by molar-refractivity contribution is 9.10. The number of aromatic nitrogens is 3. The van der Waals surface area contributed by atoms with E-state index < -0.39 is 6.04 Å². The molecule has 1 aromatic heterocycles. The van der Waals surface area contributed by atoms with E-state index in [0.29, 0.717) is 47.1 Å². The molecule has 1 atom stereocenters. The van der Waals surface area contributed by atoms with E-state index in [9.17, 15) is 4.79 Å². The first-order chi connectivity index (χ1) is 17.9. The summed E-state index contributed by atoms with van der Waals surface area (Å²) in [5, 5.41) is 8.64. The van der Waals surface area contributed by atoms with E-state index in [1.54, 1.807) is 23.6 Å². The zero-order valence-corrected chi connectivity index (χ0v) is 23.8. The fourth-order valence-electron chi connectivity index (χ4n) is 3.95. The first-order valence-corrected chi connectivity index (χ1v) is 14.0. The highest BCUT2D eigenvalue weighted by Gasteiger charge is 2.35. The van der Waals surface area contributed by atoms with Gasteiger partial charge in [0.2, 0.25) is 11.1 Å². The Morgan fingerprint density at radius 3 is 2.62 bits per heavy atom. The van der Waals surface area contributed by atoms with Crippen LogP contribution in [0.4, 0.5) is 5.95 Å². The van der Waals surface area contributed by atoms with Gasteiger partial charge in [-0.25, -0.2) is 9.48 Å². The Kier molecular flexibility index (Phi) is 9.15. The molecule has 1 unspecified atom stereocenters. The van der Waals surface area contributed by atoms with Gasteiger partial charge in [-0.15, -0.1) is 5.10 Å². The van der Waals surface area contributed by atoms with Crippen LogP contribution in [0.2, 0.25) is 0 Å². The molecular weight excluding hydrogens is 556 g/mol. The van der Waals surface area contributed by atoms with Crippen LogP contribution in [0.3, 0.4) is 0 Å². The van der Waals surface area contributed by atoms with Gasteiger partial charge in [0, 0.05) is 15.9 Å². The smallest absolute Gasteiger partial charge is 0.338 e. The van der Waals surface area contributed by atoms with Crippen LogP contribution in [-0.4, -0.2) is 40.2 Å². The van der Waals surface area contributed by atoms with E-state index in [4.69, 9.17) is 19.3 Å². The molecule has 37 heavy (non-hydrogen) atoms. The van der Waals surface area contributed by atoms with Crippen LogP contribution in [0, 0.1) is 0 Å². The number of nitrogens with zero attached hydrogens (tertiary/aromatic N) is 3. The minimum Gasteiger partial charge on any atom is -0.493 e. The summed E-state index contributed by atoms with van der Waals surface area (Å²) in [5.41, 5.74) is 3.03. The van der Waals surface area contributed by atoms with Gasteiger partial charge in [0.25, 0.3) is 0 Å². The van der Waals surface area contributed by atoms with Gasteiger partial charge in [-0.3, -0.25) is 0 Å². The first kappa shape index (κ1) is 27.1. The molecule has 0 fully saturated rings. The number of benzene rings is 2. The lowest BCUT2D eigenvalue weighted by Gasteiger charge is -2.28. The van der Waals surface area contributed by atoms with Crippen molar-refractivity contribution in [3.8, 4) is 11.5 Å². The zero-order chi connectivity index (χ0) is 26.4. The summed E-state index contributed by atoms with van der Waals surface area (Å²) in [4.78, 5) is 17.9. The molecule has 1 aliphatic heterocycles. The lowest BCUT2D eigenvalue weighted by molar-refractivity contribution is -0.139. The maximum Gasteiger partial charge on any atom is 0.338 e. The topological polar surface area (TPSA) is 87.5 Å². The SMILES string of the molecule is CCCOC(=O)C1=C(C)Nc2nc(SCCC)nn2C1c1ccc(OCc2ccc(Br)cc2)c(OC)c1. The van der Waals surface area contributed by atoms with Crippen LogP contribution in [0.15, 0.2) is 63.4 Å².